The maximum Gasteiger partial charge on any atom is 0.333 e. The number of hydrogen-bond donors (Lipinski definition) is 2. The quantitative estimate of drug-likeness (QED) is 0.0639. The van der Waals surface area contributed by atoms with Crippen LogP contribution in [0.2, 0.25) is 0 Å². The second kappa shape index (κ2) is 24.2. The Bertz CT molecular complexity index is 2550. The number of benzene rings is 2. The molecule has 12 nitrogen and oxygen atoms in total. The van der Waals surface area contributed by atoms with Gasteiger partial charge in [-0.1, -0.05) is 181 Å². The summed E-state index contributed by atoms with van der Waals surface area (Å²) in [6.07, 6.45) is 14.7. The van der Waals surface area contributed by atoms with Gasteiger partial charge in [-0.2, -0.15) is 0 Å². The fourth-order valence-electron chi connectivity index (χ4n) is 10.1. The molecule has 12 heteroatoms. The van der Waals surface area contributed by atoms with E-state index in [1.807, 2.05) is 48.5 Å². The molecule has 0 amide bonds. The topological polar surface area (TPSA) is 153 Å². The van der Waals surface area contributed by atoms with Gasteiger partial charge >= 0.3 is 11.4 Å². The molecule has 4 aromatic rings. The monoisotopic (exact) mass is 931 g/mol. The lowest BCUT2D eigenvalue weighted by Crippen LogP contribution is -2.44. The van der Waals surface area contributed by atoms with Crippen LogP contribution in [-0.4, -0.2) is 39.9 Å². The van der Waals surface area contributed by atoms with E-state index in [0.29, 0.717) is 33.6 Å². The number of unbranched alkanes of at least 4 members (excludes halogenated alkanes) is 4. The van der Waals surface area contributed by atoms with Crippen LogP contribution in [0.1, 0.15) is 192 Å². The molecule has 0 saturated carbocycles. The first-order chi connectivity index (χ1) is 32.9. The van der Waals surface area contributed by atoms with Gasteiger partial charge in [-0.05, 0) is 49.4 Å². The molecule has 0 bridgehead atoms. The highest BCUT2D eigenvalue weighted by molar-refractivity contribution is 6.27. The molecule has 368 valence electrons. The molecule has 0 radical (unpaired) electrons. The molecule has 0 saturated heterocycles. The number of aromatic nitrogens is 4. The molecular formula is C56H78N6O6. The van der Waals surface area contributed by atoms with Gasteiger partial charge < -0.3 is 10.2 Å². The van der Waals surface area contributed by atoms with Crippen LogP contribution in [0.3, 0.4) is 0 Å². The summed E-state index contributed by atoms with van der Waals surface area (Å²) in [6, 6.07) is 15.0. The lowest BCUT2D eigenvalue weighted by atomic mass is 9.96. The highest BCUT2D eigenvalue weighted by Crippen LogP contribution is 2.42. The second-order valence-corrected chi connectivity index (χ2v) is 19.4. The largest absolute Gasteiger partial charge is 0.494 e. The van der Waals surface area contributed by atoms with Gasteiger partial charge in [0.1, 0.15) is 11.1 Å². The molecule has 0 spiro atoms. The summed E-state index contributed by atoms with van der Waals surface area (Å²) in [4.78, 5) is 69.2. The van der Waals surface area contributed by atoms with Crippen molar-refractivity contribution in [2.45, 2.75) is 184 Å². The summed E-state index contributed by atoms with van der Waals surface area (Å²) in [6.45, 7) is 17.9. The number of hydrogen-bond acceptors (Lipinski definition) is 8. The zero-order chi connectivity index (χ0) is 49.1. The van der Waals surface area contributed by atoms with E-state index in [0.717, 1.165) is 103 Å². The predicted octanol–water partition coefficient (Wildman–Crippen LogP) is 11.1. The van der Waals surface area contributed by atoms with Crippen molar-refractivity contribution < 1.29 is 10.2 Å². The third-order valence-electron chi connectivity index (χ3n) is 14.8. The summed E-state index contributed by atoms with van der Waals surface area (Å²) in [5.74, 6) is -0.386. The Kier molecular flexibility index (Phi) is 18.4. The minimum Gasteiger partial charge on any atom is -0.494 e. The number of aromatic hydroxyl groups is 2. The van der Waals surface area contributed by atoms with Crippen molar-refractivity contribution in [1.82, 2.24) is 18.3 Å². The molecule has 2 aromatic carbocycles. The van der Waals surface area contributed by atoms with Gasteiger partial charge in [-0.25, -0.2) is 19.6 Å². The van der Waals surface area contributed by atoms with E-state index in [1.54, 1.807) is 0 Å². The van der Waals surface area contributed by atoms with Crippen molar-refractivity contribution in [2.75, 3.05) is 0 Å². The van der Waals surface area contributed by atoms with E-state index in [-0.39, 0.29) is 72.4 Å². The maximum absolute atomic E-state index is 14.9. The van der Waals surface area contributed by atoms with Gasteiger partial charge in [0.15, 0.2) is 0 Å². The van der Waals surface area contributed by atoms with E-state index >= 15 is 0 Å². The van der Waals surface area contributed by atoms with E-state index in [9.17, 15) is 29.4 Å². The third kappa shape index (κ3) is 10.8. The molecule has 4 atom stereocenters. The van der Waals surface area contributed by atoms with Crippen LogP contribution in [0.25, 0.3) is 11.4 Å². The molecule has 2 aliphatic rings. The molecule has 6 rings (SSSR count). The van der Waals surface area contributed by atoms with Gasteiger partial charge in [0.2, 0.25) is 11.8 Å². The smallest absolute Gasteiger partial charge is 0.333 e. The highest BCUT2D eigenvalue weighted by Gasteiger charge is 2.36. The van der Waals surface area contributed by atoms with E-state index in [2.05, 4.69) is 55.4 Å². The summed E-state index contributed by atoms with van der Waals surface area (Å²) in [5, 5.41) is 24.6. The number of nitrogens with zero attached hydrogens (tertiary/aromatic N) is 6. The van der Waals surface area contributed by atoms with Crippen molar-refractivity contribution in [3.8, 4) is 11.8 Å². The molecule has 4 unspecified atom stereocenters. The summed E-state index contributed by atoms with van der Waals surface area (Å²) in [7, 11) is 0. The summed E-state index contributed by atoms with van der Waals surface area (Å²) >= 11 is 0. The van der Waals surface area contributed by atoms with E-state index in [1.165, 1.54) is 18.3 Å². The zero-order valence-corrected chi connectivity index (χ0v) is 42.3. The van der Waals surface area contributed by atoms with Crippen molar-refractivity contribution >= 4 is 22.8 Å². The maximum atomic E-state index is 14.9. The van der Waals surface area contributed by atoms with Gasteiger partial charge in [-0.15, -0.1) is 0 Å². The predicted molar refractivity (Wildman–Crippen MR) is 277 cm³/mol. The molecular weight excluding hydrogens is 853 g/mol. The Labute approximate surface area is 403 Å². The van der Waals surface area contributed by atoms with Gasteiger partial charge in [-0.3, -0.25) is 27.9 Å². The van der Waals surface area contributed by atoms with Gasteiger partial charge in [0.25, 0.3) is 11.1 Å². The van der Waals surface area contributed by atoms with Crippen LogP contribution >= 0.6 is 0 Å². The first-order valence-electron chi connectivity index (χ1n) is 26.2. The average Bonchev–Trinajstić information content (AvgIpc) is 3.92. The Morgan fingerprint density at radius 2 is 0.706 bits per heavy atom. The molecule has 2 aliphatic heterocycles. The third-order valence-corrected chi connectivity index (χ3v) is 14.8. The number of aliphatic imine (C=N–C) groups is 2. The van der Waals surface area contributed by atoms with Gasteiger partial charge in [0, 0.05) is 48.4 Å². The van der Waals surface area contributed by atoms with E-state index in [4.69, 9.17) is 9.98 Å². The van der Waals surface area contributed by atoms with Crippen molar-refractivity contribution in [2.24, 2.45) is 33.7 Å². The average molecular weight is 931 g/mol. The number of fused-ring (bicyclic) bond motifs is 2. The molecule has 2 aromatic heterocycles. The van der Waals surface area contributed by atoms with E-state index < -0.39 is 34.3 Å². The Hall–Kier alpha value is -5.52. The lowest BCUT2D eigenvalue weighted by molar-refractivity contribution is 0.313. The number of rotatable bonds is 26. The van der Waals surface area contributed by atoms with Crippen molar-refractivity contribution in [1.29, 1.82) is 0 Å². The fourth-order valence-corrected chi connectivity index (χ4v) is 10.1. The van der Waals surface area contributed by atoms with Crippen LogP contribution in [0.4, 0.5) is 0 Å². The van der Waals surface area contributed by atoms with Crippen LogP contribution in [0.15, 0.2) is 77.7 Å². The Morgan fingerprint density at radius 3 is 0.985 bits per heavy atom. The molecule has 0 aliphatic carbocycles. The normalized spacial score (nSPS) is 16.1. The molecule has 0 fully saturated rings. The van der Waals surface area contributed by atoms with Crippen LogP contribution < -0.4 is 22.5 Å². The van der Waals surface area contributed by atoms with Crippen molar-refractivity contribution in [3.05, 3.63) is 124 Å². The molecule has 68 heavy (non-hydrogen) atoms. The summed E-state index contributed by atoms with van der Waals surface area (Å²) < 4.78 is 5.43. The van der Waals surface area contributed by atoms with Crippen LogP contribution in [0, 0.1) is 23.7 Å². The minimum atomic E-state index is -0.586. The zero-order valence-electron chi connectivity index (χ0n) is 42.3. The van der Waals surface area contributed by atoms with Crippen LogP contribution in [-0.2, 0) is 26.2 Å². The standard InChI is InChI=1S/C56H78N6O6/c1-9-17-25-37(13-5)33-59-51(63)45(52(64)60(55(59)67)34-38(14-6)26-18-10-2)47-41-29-21-23-31-43(41)49(57-47)50-44-32-24-22-30-42(44)48(58-50)46-53(65)61(35-39(15-7)27-19-11-3)56(68)62(54(46)66)36-40(16-8)28-20-12-4/h21-24,29-32,37-40,63,65H,9-20,25-28,33-36H2,1-8H3/b50-49+. The molecule has 2 N–H and O–H groups in total. The first-order valence-corrected chi connectivity index (χ1v) is 26.2. The summed E-state index contributed by atoms with van der Waals surface area (Å²) in [5.41, 5.74) is 1.61. The van der Waals surface area contributed by atoms with Crippen LogP contribution in [0.5, 0.6) is 11.8 Å². The highest BCUT2D eigenvalue weighted by atomic mass is 16.3. The SMILES string of the molecule is CCCCC(CC)Cn1c(O)c(C2=N/C(=C3/N=C(c4c(O)n(CC(CC)CCCC)c(=O)n(CC(CC)CCCC)c4=O)c4ccccc43)c3ccccc32)c(=O)n(CC(CC)CCCC)c1=O. The minimum absolute atomic E-state index is 0.0338. The van der Waals surface area contributed by atoms with Crippen molar-refractivity contribution in [3.63, 3.8) is 0 Å². The Balaban J connectivity index is 1.63. The second-order valence-electron chi connectivity index (χ2n) is 19.4. The first kappa shape index (κ1) is 51.9. The lowest BCUT2D eigenvalue weighted by Gasteiger charge is -2.22. The Morgan fingerprint density at radius 1 is 0.426 bits per heavy atom. The fraction of sp³-hybridized carbons (Fsp3) is 0.571. The molecule has 4 heterocycles. The van der Waals surface area contributed by atoms with Gasteiger partial charge in [0.05, 0.1) is 22.8 Å².